The summed E-state index contributed by atoms with van der Waals surface area (Å²) in [7, 11) is 1.91. The third kappa shape index (κ3) is 2.07. The van der Waals surface area contributed by atoms with Crippen molar-refractivity contribution in [1.29, 1.82) is 0 Å². The van der Waals surface area contributed by atoms with Crippen LogP contribution in [0.5, 0.6) is 0 Å². The van der Waals surface area contributed by atoms with Crippen LogP contribution in [0.3, 0.4) is 0 Å². The van der Waals surface area contributed by atoms with Crippen molar-refractivity contribution in [2.75, 3.05) is 13.6 Å². The van der Waals surface area contributed by atoms with E-state index >= 15 is 0 Å². The van der Waals surface area contributed by atoms with E-state index in [0.717, 1.165) is 13.0 Å². The maximum Gasteiger partial charge on any atom is 0.197 e. The van der Waals surface area contributed by atoms with E-state index < -0.39 is 0 Å². The minimum Gasteiger partial charge on any atom is -0.316 e. The molecule has 62 valence electrons. The summed E-state index contributed by atoms with van der Waals surface area (Å²) in [5.41, 5.74) is 1.28. The van der Waals surface area contributed by atoms with E-state index in [1.807, 2.05) is 7.05 Å². The van der Waals surface area contributed by atoms with Crippen molar-refractivity contribution in [1.82, 2.24) is 5.32 Å². The molecule has 0 amide bonds. The molecule has 0 aromatic heterocycles. The van der Waals surface area contributed by atoms with Crippen LogP contribution in [0.1, 0.15) is 19.8 Å². The van der Waals surface area contributed by atoms with Crippen molar-refractivity contribution in [3.63, 3.8) is 0 Å². The van der Waals surface area contributed by atoms with Crippen LogP contribution in [-0.4, -0.2) is 18.7 Å². The number of hydrogen-bond acceptors (Lipinski definition) is 3. The zero-order valence-corrected chi connectivity index (χ0v) is 7.75. The lowest BCUT2D eigenvalue weighted by Gasteiger charge is -2.00. The molecule has 3 heteroatoms. The first-order valence-electron chi connectivity index (χ1n) is 3.84. The summed E-state index contributed by atoms with van der Waals surface area (Å²) in [6, 6.07) is 0. The lowest BCUT2D eigenvalue weighted by atomic mass is 10.1. The predicted molar refractivity (Wildman–Crippen MR) is 48.5 cm³/mol. The van der Waals surface area contributed by atoms with E-state index in [-0.39, 0.29) is 0 Å². The van der Waals surface area contributed by atoms with Crippen LogP contribution < -0.4 is 5.32 Å². The smallest absolute Gasteiger partial charge is 0.197 e. The highest BCUT2D eigenvalue weighted by molar-refractivity contribution is 8.17. The fourth-order valence-electron chi connectivity index (χ4n) is 1.22. The Balaban J connectivity index is 2.63. The minimum atomic E-state index is 0.298. The van der Waals surface area contributed by atoms with Gasteiger partial charge in [0.05, 0.1) is 0 Å². The molecule has 0 fully saturated rings. The number of rotatable bonds is 3. The maximum absolute atomic E-state index is 11.0. The van der Waals surface area contributed by atoms with Gasteiger partial charge in [-0.25, -0.2) is 0 Å². The average molecular weight is 171 g/mol. The highest BCUT2D eigenvalue weighted by Crippen LogP contribution is 2.34. The molecule has 0 saturated heterocycles. The van der Waals surface area contributed by atoms with Gasteiger partial charge in [0.1, 0.15) is 0 Å². The number of nitrogens with one attached hydrogen (secondary N) is 1. The average Bonchev–Trinajstić information content (AvgIpc) is 2.32. The summed E-state index contributed by atoms with van der Waals surface area (Å²) in [5, 5.41) is 3.37. The molecule has 1 rings (SSSR count). The fraction of sp³-hybridized carbons (Fsp3) is 0.625. The number of carbonyl (C=O) groups is 1. The first kappa shape index (κ1) is 8.81. The van der Waals surface area contributed by atoms with Gasteiger partial charge in [0.2, 0.25) is 0 Å². The number of thioether (sulfide) groups is 1. The lowest BCUT2D eigenvalue weighted by Crippen LogP contribution is -2.10. The molecule has 0 unspecified atom stereocenters. The second-order valence-corrected chi connectivity index (χ2v) is 3.71. The summed E-state index contributed by atoms with van der Waals surface area (Å²) in [6.07, 6.45) is 1.64. The van der Waals surface area contributed by atoms with Crippen molar-refractivity contribution in [3.8, 4) is 0 Å². The second-order valence-electron chi connectivity index (χ2n) is 2.56. The molecule has 1 N–H and O–H groups in total. The highest BCUT2D eigenvalue weighted by Gasteiger charge is 2.20. The van der Waals surface area contributed by atoms with Crippen LogP contribution in [0, 0.1) is 0 Å². The molecule has 2 nitrogen and oxygen atoms in total. The summed E-state index contributed by atoms with van der Waals surface area (Å²) in [4.78, 5) is 12.3. The first-order chi connectivity index (χ1) is 5.27. The monoisotopic (exact) mass is 171 g/mol. The molecule has 0 atom stereocenters. The van der Waals surface area contributed by atoms with Gasteiger partial charge in [0.15, 0.2) is 5.12 Å². The quantitative estimate of drug-likeness (QED) is 0.698. The second kappa shape index (κ2) is 3.93. The van der Waals surface area contributed by atoms with Crippen LogP contribution in [0.15, 0.2) is 10.5 Å². The van der Waals surface area contributed by atoms with Crippen LogP contribution >= 0.6 is 11.8 Å². The van der Waals surface area contributed by atoms with Crippen molar-refractivity contribution >= 4 is 16.9 Å². The summed E-state index contributed by atoms with van der Waals surface area (Å²) < 4.78 is 0. The number of allylic oxidation sites excluding steroid dienone is 1. The van der Waals surface area contributed by atoms with E-state index in [9.17, 15) is 4.79 Å². The topological polar surface area (TPSA) is 29.1 Å². The van der Waals surface area contributed by atoms with Gasteiger partial charge in [-0.3, -0.25) is 4.79 Å². The van der Waals surface area contributed by atoms with Crippen molar-refractivity contribution in [2.45, 2.75) is 19.8 Å². The van der Waals surface area contributed by atoms with Crippen LogP contribution in [0.2, 0.25) is 0 Å². The molecule has 0 aromatic rings. The van der Waals surface area contributed by atoms with Gasteiger partial charge in [-0.1, -0.05) is 18.7 Å². The van der Waals surface area contributed by atoms with E-state index in [4.69, 9.17) is 0 Å². The Labute approximate surface area is 71.4 Å². The number of hydrogen-bond donors (Lipinski definition) is 1. The molecular weight excluding hydrogens is 158 g/mol. The van der Waals surface area contributed by atoms with Crippen LogP contribution in [0.25, 0.3) is 0 Å². The van der Waals surface area contributed by atoms with Crippen molar-refractivity contribution < 1.29 is 4.79 Å². The number of carbonyl (C=O) groups excluding carboxylic acids is 1. The Morgan fingerprint density at radius 2 is 2.36 bits per heavy atom. The molecule has 11 heavy (non-hydrogen) atoms. The van der Waals surface area contributed by atoms with Crippen LogP contribution in [0.4, 0.5) is 0 Å². The SMILES string of the molecule is CCC1=C(CNC)CC(=O)S1. The molecule has 0 bridgehead atoms. The lowest BCUT2D eigenvalue weighted by molar-refractivity contribution is -0.110. The zero-order valence-electron chi connectivity index (χ0n) is 6.94. The van der Waals surface area contributed by atoms with Gasteiger partial charge in [0.25, 0.3) is 0 Å². The molecule has 0 saturated carbocycles. The predicted octanol–water partition coefficient (Wildman–Crippen LogP) is 1.53. The summed E-state index contributed by atoms with van der Waals surface area (Å²) >= 11 is 1.41. The highest BCUT2D eigenvalue weighted by atomic mass is 32.2. The van der Waals surface area contributed by atoms with Gasteiger partial charge >= 0.3 is 0 Å². The van der Waals surface area contributed by atoms with Crippen molar-refractivity contribution in [3.05, 3.63) is 10.5 Å². The summed E-state index contributed by atoms with van der Waals surface area (Å²) in [5.74, 6) is 0. The Bertz CT molecular complexity index is 198. The summed E-state index contributed by atoms with van der Waals surface area (Å²) in [6.45, 7) is 2.96. The normalized spacial score (nSPS) is 18.2. The molecule has 0 radical (unpaired) electrons. The van der Waals surface area contributed by atoms with E-state index in [1.54, 1.807) is 0 Å². The molecule has 1 heterocycles. The Morgan fingerprint density at radius 1 is 1.64 bits per heavy atom. The molecule has 1 aliphatic rings. The van der Waals surface area contributed by atoms with Gasteiger partial charge < -0.3 is 5.32 Å². The van der Waals surface area contributed by atoms with Gasteiger partial charge in [-0.2, -0.15) is 0 Å². The molecule has 0 aromatic carbocycles. The largest absolute Gasteiger partial charge is 0.316 e. The standard InChI is InChI=1S/C8H13NOS/c1-3-7-6(5-9-2)4-8(10)11-7/h9H,3-5H2,1-2H3. The van der Waals surface area contributed by atoms with E-state index in [0.29, 0.717) is 11.5 Å². The number of likely N-dealkylation sites (N-methyl/N-ethyl adjacent to an activating group) is 1. The fourth-order valence-corrected chi connectivity index (χ4v) is 2.17. The molecule has 1 aliphatic heterocycles. The maximum atomic E-state index is 11.0. The van der Waals surface area contributed by atoms with Crippen molar-refractivity contribution in [2.24, 2.45) is 0 Å². The Kier molecular flexibility index (Phi) is 3.15. The zero-order chi connectivity index (χ0) is 8.27. The van der Waals surface area contributed by atoms with E-state index in [2.05, 4.69) is 12.2 Å². The molecule has 0 aliphatic carbocycles. The van der Waals surface area contributed by atoms with E-state index in [1.165, 1.54) is 22.2 Å². The molecular formula is C8H13NOS. The Hall–Kier alpha value is -0.280. The van der Waals surface area contributed by atoms with Gasteiger partial charge in [-0.15, -0.1) is 0 Å². The first-order valence-corrected chi connectivity index (χ1v) is 4.65. The molecule has 0 spiro atoms. The van der Waals surface area contributed by atoms with Gasteiger partial charge in [-0.05, 0) is 23.9 Å². The minimum absolute atomic E-state index is 0.298. The van der Waals surface area contributed by atoms with Crippen LogP contribution in [-0.2, 0) is 4.79 Å². The van der Waals surface area contributed by atoms with Gasteiger partial charge in [0, 0.05) is 13.0 Å². The Morgan fingerprint density at radius 3 is 2.91 bits per heavy atom. The third-order valence-corrected chi connectivity index (χ3v) is 2.90. The third-order valence-electron chi connectivity index (χ3n) is 1.70.